The zero-order valence-corrected chi connectivity index (χ0v) is 13.4. The fourth-order valence-electron chi connectivity index (χ4n) is 3.37. The van der Waals surface area contributed by atoms with Crippen molar-refractivity contribution in [3.05, 3.63) is 29.6 Å². The lowest BCUT2D eigenvalue weighted by Crippen LogP contribution is -2.33. The van der Waals surface area contributed by atoms with E-state index in [0.717, 1.165) is 24.1 Å². The Morgan fingerprint density at radius 2 is 1.90 bits per heavy atom. The molecule has 0 spiro atoms. The minimum atomic E-state index is -0.109. The molecule has 0 saturated heterocycles. The standard InChI is InChI=1S/C18H29FN2/c1-3-15(20)13-14-9-8-12-17(19)18(14)21(2)16-10-6-4-5-7-11-16/h8-9,12,15-16H,3-7,10-11,13,20H2,1-2H3. The topological polar surface area (TPSA) is 29.3 Å². The third-order valence-electron chi connectivity index (χ3n) is 4.80. The summed E-state index contributed by atoms with van der Waals surface area (Å²) >= 11 is 0. The number of nitrogens with zero attached hydrogens (tertiary/aromatic N) is 1. The molecule has 1 atom stereocenters. The molecule has 2 rings (SSSR count). The molecule has 0 aromatic heterocycles. The molecule has 1 fully saturated rings. The van der Waals surface area contributed by atoms with Crippen molar-refractivity contribution < 1.29 is 4.39 Å². The van der Waals surface area contributed by atoms with Gasteiger partial charge >= 0.3 is 0 Å². The molecule has 0 aliphatic heterocycles. The Morgan fingerprint density at radius 1 is 1.24 bits per heavy atom. The van der Waals surface area contributed by atoms with Crippen molar-refractivity contribution in [2.45, 2.75) is 70.4 Å². The van der Waals surface area contributed by atoms with Crippen molar-refractivity contribution in [2.24, 2.45) is 5.73 Å². The van der Waals surface area contributed by atoms with Gasteiger partial charge in [0, 0.05) is 19.1 Å². The first-order valence-corrected chi connectivity index (χ1v) is 8.39. The van der Waals surface area contributed by atoms with Crippen LogP contribution in [0, 0.1) is 5.82 Å². The molecule has 1 aliphatic rings. The number of rotatable bonds is 5. The predicted octanol–water partition coefficient (Wildman–Crippen LogP) is 4.26. The second kappa shape index (κ2) is 7.79. The zero-order chi connectivity index (χ0) is 15.2. The van der Waals surface area contributed by atoms with Crippen molar-refractivity contribution in [3.8, 4) is 0 Å². The lowest BCUT2D eigenvalue weighted by Gasteiger charge is -2.31. The van der Waals surface area contributed by atoms with Gasteiger partial charge in [-0.2, -0.15) is 0 Å². The maximum atomic E-state index is 14.4. The van der Waals surface area contributed by atoms with E-state index in [0.29, 0.717) is 6.04 Å². The Morgan fingerprint density at radius 3 is 2.52 bits per heavy atom. The van der Waals surface area contributed by atoms with Crippen LogP contribution in [-0.2, 0) is 6.42 Å². The molecule has 0 amide bonds. The lowest BCUT2D eigenvalue weighted by atomic mass is 9.99. The van der Waals surface area contributed by atoms with Crippen molar-refractivity contribution >= 4 is 5.69 Å². The lowest BCUT2D eigenvalue weighted by molar-refractivity contribution is 0.533. The molecule has 3 heteroatoms. The van der Waals surface area contributed by atoms with Crippen LogP contribution in [0.25, 0.3) is 0 Å². The van der Waals surface area contributed by atoms with Gasteiger partial charge in [-0.3, -0.25) is 0 Å². The summed E-state index contributed by atoms with van der Waals surface area (Å²) in [7, 11) is 2.05. The van der Waals surface area contributed by atoms with Crippen LogP contribution in [0.1, 0.15) is 57.4 Å². The molecule has 1 aromatic carbocycles. The third kappa shape index (κ3) is 4.19. The number of hydrogen-bond donors (Lipinski definition) is 1. The van der Waals surface area contributed by atoms with Crippen molar-refractivity contribution in [1.82, 2.24) is 0 Å². The third-order valence-corrected chi connectivity index (χ3v) is 4.80. The highest BCUT2D eigenvalue weighted by Gasteiger charge is 2.22. The molecule has 2 nitrogen and oxygen atoms in total. The van der Waals surface area contributed by atoms with Crippen LogP contribution in [0.2, 0.25) is 0 Å². The average Bonchev–Trinajstić information content (AvgIpc) is 2.76. The predicted molar refractivity (Wildman–Crippen MR) is 88.3 cm³/mol. The average molecular weight is 292 g/mol. The maximum absolute atomic E-state index is 14.4. The van der Waals surface area contributed by atoms with Gasteiger partial charge in [-0.25, -0.2) is 4.39 Å². The normalized spacial score (nSPS) is 18.3. The van der Waals surface area contributed by atoms with Gasteiger partial charge in [0.15, 0.2) is 0 Å². The summed E-state index contributed by atoms with van der Waals surface area (Å²) in [6, 6.07) is 5.97. The highest BCUT2D eigenvalue weighted by atomic mass is 19.1. The van der Waals surface area contributed by atoms with Crippen molar-refractivity contribution in [1.29, 1.82) is 0 Å². The second-order valence-corrected chi connectivity index (χ2v) is 6.38. The Labute approximate surface area is 128 Å². The molecule has 0 bridgehead atoms. The van der Waals surface area contributed by atoms with Gasteiger partial charge in [0.2, 0.25) is 0 Å². The van der Waals surface area contributed by atoms with Crippen LogP contribution in [-0.4, -0.2) is 19.1 Å². The van der Waals surface area contributed by atoms with E-state index in [2.05, 4.69) is 18.9 Å². The monoisotopic (exact) mass is 292 g/mol. The van der Waals surface area contributed by atoms with E-state index in [-0.39, 0.29) is 11.9 Å². The van der Waals surface area contributed by atoms with E-state index in [4.69, 9.17) is 5.73 Å². The Kier molecular flexibility index (Phi) is 6.04. The first-order chi connectivity index (χ1) is 10.1. The van der Waals surface area contributed by atoms with Gasteiger partial charge < -0.3 is 10.6 Å². The van der Waals surface area contributed by atoms with E-state index in [1.54, 1.807) is 12.1 Å². The Hall–Kier alpha value is -1.09. The molecule has 118 valence electrons. The van der Waals surface area contributed by atoms with Crippen molar-refractivity contribution in [2.75, 3.05) is 11.9 Å². The van der Waals surface area contributed by atoms with Crippen LogP contribution < -0.4 is 10.6 Å². The van der Waals surface area contributed by atoms with E-state index in [9.17, 15) is 4.39 Å². The van der Waals surface area contributed by atoms with Gasteiger partial charge in [0.05, 0.1) is 5.69 Å². The number of halogens is 1. The number of anilines is 1. The smallest absolute Gasteiger partial charge is 0.146 e. The number of nitrogens with two attached hydrogens (primary N) is 1. The van der Waals surface area contributed by atoms with Gasteiger partial charge in [0.25, 0.3) is 0 Å². The van der Waals surface area contributed by atoms with Gasteiger partial charge in [-0.15, -0.1) is 0 Å². The molecule has 21 heavy (non-hydrogen) atoms. The molecule has 0 radical (unpaired) electrons. The van der Waals surface area contributed by atoms with Crippen LogP contribution >= 0.6 is 0 Å². The molecule has 1 saturated carbocycles. The minimum absolute atomic E-state index is 0.105. The molecule has 1 aromatic rings. The van der Waals surface area contributed by atoms with Gasteiger partial charge in [-0.1, -0.05) is 44.7 Å². The number of para-hydroxylation sites is 1. The SMILES string of the molecule is CCC(N)Cc1cccc(F)c1N(C)C1CCCCCC1. The summed E-state index contributed by atoms with van der Waals surface area (Å²) in [5, 5.41) is 0. The fourth-order valence-corrected chi connectivity index (χ4v) is 3.37. The highest BCUT2D eigenvalue weighted by molar-refractivity contribution is 5.55. The summed E-state index contributed by atoms with van der Waals surface area (Å²) in [6.45, 7) is 2.08. The number of hydrogen-bond acceptors (Lipinski definition) is 2. The number of benzene rings is 1. The van der Waals surface area contributed by atoms with E-state index in [1.165, 1.54) is 38.5 Å². The van der Waals surface area contributed by atoms with E-state index >= 15 is 0 Å². The summed E-state index contributed by atoms with van der Waals surface area (Å²) in [5.41, 5.74) is 7.91. The van der Waals surface area contributed by atoms with E-state index < -0.39 is 0 Å². The van der Waals surface area contributed by atoms with Crippen LogP contribution in [0.15, 0.2) is 18.2 Å². The quantitative estimate of drug-likeness (QED) is 0.821. The summed E-state index contributed by atoms with van der Waals surface area (Å²) < 4.78 is 14.4. The largest absolute Gasteiger partial charge is 0.369 e. The summed E-state index contributed by atoms with van der Waals surface area (Å²) in [5.74, 6) is -0.109. The molecule has 0 heterocycles. The molecule has 2 N–H and O–H groups in total. The van der Waals surface area contributed by atoms with E-state index in [1.807, 2.05) is 6.07 Å². The Bertz CT molecular complexity index is 439. The van der Waals surface area contributed by atoms with Crippen LogP contribution in [0.4, 0.5) is 10.1 Å². The van der Waals surface area contributed by atoms with Crippen LogP contribution in [0.3, 0.4) is 0 Å². The minimum Gasteiger partial charge on any atom is -0.369 e. The molecular formula is C18H29FN2. The zero-order valence-electron chi connectivity index (χ0n) is 13.4. The summed E-state index contributed by atoms with van der Waals surface area (Å²) in [6.07, 6.45) is 9.16. The highest BCUT2D eigenvalue weighted by Crippen LogP contribution is 2.30. The van der Waals surface area contributed by atoms with Crippen LogP contribution in [0.5, 0.6) is 0 Å². The molecule has 1 aliphatic carbocycles. The second-order valence-electron chi connectivity index (χ2n) is 6.38. The maximum Gasteiger partial charge on any atom is 0.146 e. The first kappa shape index (κ1) is 16.3. The molecular weight excluding hydrogens is 263 g/mol. The fraction of sp³-hybridized carbons (Fsp3) is 0.667. The van der Waals surface area contributed by atoms with Crippen molar-refractivity contribution in [3.63, 3.8) is 0 Å². The van der Waals surface area contributed by atoms with Gasteiger partial charge in [0.1, 0.15) is 5.82 Å². The van der Waals surface area contributed by atoms with Gasteiger partial charge in [-0.05, 0) is 37.3 Å². The first-order valence-electron chi connectivity index (χ1n) is 8.39. The molecule has 1 unspecified atom stereocenters. The summed E-state index contributed by atoms with van der Waals surface area (Å²) in [4.78, 5) is 2.18. The Balaban J connectivity index is 2.23.